The Hall–Kier alpha value is -1.70. The summed E-state index contributed by atoms with van der Waals surface area (Å²) in [4.78, 5) is 4.56. The third-order valence-electron chi connectivity index (χ3n) is 5.29. The SMILES string of the molecule is COCCn1c(C)cnc1CC1CCN(S(=O)(=O)Cc2ccccc2)CC1. The molecule has 7 heteroatoms. The van der Waals surface area contributed by atoms with Gasteiger partial charge in [0, 0.05) is 45.1 Å². The predicted octanol–water partition coefficient (Wildman–Crippen LogP) is 2.62. The summed E-state index contributed by atoms with van der Waals surface area (Å²) < 4.78 is 34.4. The third kappa shape index (κ3) is 5.18. The molecular weight excluding hydrogens is 362 g/mol. The first-order valence-electron chi connectivity index (χ1n) is 9.51. The van der Waals surface area contributed by atoms with Gasteiger partial charge in [0.2, 0.25) is 10.0 Å². The molecule has 0 radical (unpaired) electrons. The average Bonchev–Trinajstić information content (AvgIpc) is 3.00. The van der Waals surface area contributed by atoms with E-state index < -0.39 is 10.0 Å². The molecule has 1 saturated heterocycles. The van der Waals surface area contributed by atoms with Gasteiger partial charge in [0.1, 0.15) is 5.82 Å². The zero-order chi connectivity index (χ0) is 19.3. The molecule has 148 valence electrons. The van der Waals surface area contributed by atoms with Crippen LogP contribution in [-0.4, -0.2) is 49.1 Å². The topological polar surface area (TPSA) is 64.4 Å². The molecule has 27 heavy (non-hydrogen) atoms. The van der Waals surface area contributed by atoms with Gasteiger partial charge in [-0.25, -0.2) is 17.7 Å². The van der Waals surface area contributed by atoms with Gasteiger partial charge in [-0.2, -0.15) is 0 Å². The van der Waals surface area contributed by atoms with E-state index in [0.717, 1.165) is 42.9 Å². The Balaban J connectivity index is 1.56. The van der Waals surface area contributed by atoms with E-state index in [9.17, 15) is 8.42 Å². The fourth-order valence-corrected chi connectivity index (χ4v) is 5.25. The summed E-state index contributed by atoms with van der Waals surface area (Å²) in [5.41, 5.74) is 1.99. The second-order valence-electron chi connectivity index (χ2n) is 7.25. The minimum atomic E-state index is -3.25. The Bertz CT molecular complexity index is 825. The first-order valence-corrected chi connectivity index (χ1v) is 11.1. The summed E-state index contributed by atoms with van der Waals surface area (Å²) in [7, 11) is -1.55. The van der Waals surface area contributed by atoms with Gasteiger partial charge in [-0.15, -0.1) is 0 Å². The molecule has 0 aliphatic carbocycles. The average molecular weight is 392 g/mol. The van der Waals surface area contributed by atoms with Crippen LogP contribution in [0, 0.1) is 12.8 Å². The van der Waals surface area contributed by atoms with E-state index in [1.807, 2.05) is 36.5 Å². The predicted molar refractivity (Wildman–Crippen MR) is 106 cm³/mol. The Morgan fingerprint density at radius 3 is 2.56 bits per heavy atom. The van der Waals surface area contributed by atoms with Crippen LogP contribution >= 0.6 is 0 Å². The summed E-state index contributed by atoms with van der Waals surface area (Å²) in [6.45, 7) is 4.72. The molecule has 0 saturated carbocycles. The maximum absolute atomic E-state index is 12.7. The van der Waals surface area contributed by atoms with Gasteiger partial charge >= 0.3 is 0 Å². The molecular formula is C20H29N3O3S. The number of piperidine rings is 1. The van der Waals surface area contributed by atoms with Crippen LogP contribution in [-0.2, 0) is 33.5 Å². The van der Waals surface area contributed by atoms with Gasteiger partial charge in [-0.3, -0.25) is 0 Å². The van der Waals surface area contributed by atoms with Crippen molar-refractivity contribution in [1.29, 1.82) is 0 Å². The van der Waals surface area contributed by atoms with Crippen molar-refractivity contribution in [3.8, 4) is 0 Å². The van der Waals surface area contributed by atoms with Gasteiger partial charge < -0.3 is 9.30 Å². The quantitative estimate of drug-likeness (QED) is 0.694. The second-order valence-corrected chi connectivity index (χ2v) is 9.22. The number of imidazole rings is 1. The van der Waals surface area contributed by atoms with Crippen LogP contribution in [0.5, 0.6) is 0 Å². The highest BCUT2D eigenvalue weighted by Crippen LogP contribution is 2.24. The number of benzene rings is 1. The minimum Gasteiger partial charge on any atom is -0.383 e. The van der Waals surface area contributed by atoms with E-state index in [0.29, 0.717) is 25.6 Å². The summed E-state index contributed by atoms with van der Waals surface area (Å²) in [6, 6.07) is 9.40. The highest BCUT2D eigenvalue weighted by atomic mass is 32.2. The van der Waals surface area contributed by atoms with Gasteiger partial charge in [0.15, 0.2) is 0 Å². The molecule has 2 aromatic rings. The zero-order valence-corrected chi connectivity index (χ0v) is 17.0. The lowest BCUT2D eigenvalue weighted by atomic mass is 9.94. The van der Waals surface area contributed by atoms with Crippen molar-refractivity contribution < 1.29 is 13.2 Å². The third-order valence-corrected chi connectivity index (χ3v) is 7.14. The zero-order valence-electron chi connectivity index (χ0n) is 16.2. The number of aromatic nitrogens is 2. The molecule has 1 fully saturated rings. The van der Waals surface area contributed by atoms with Gasteiger partial charge in [-0.05, 0) is 31.2 Å². The summed E-state index contributed by atoms with van der Waals surface area (Å²) in [5, 5.41) is 0. The highest BCUT2D eigenvalue weighted by molar-refractivity contribution is 7.88. The Morgan fingerprint density at radius 1 is 1.19 bits per heavy atom. The molecule has 0 spiro atoms. The van der Waals surface area contributed by atoms with Gasteiger partial charge in [0.25, 0.3) is 0 Å². The van der Waals surface area contributed by atoms with Crippen LogP contribution in [0.1, 0.15) is 29.9 Å². The fraction of sp³-hybridized carbons (Fsp3) is 0.550. The first-order chi connectivity index (χ1) is 13.0. The lowest BCUT2D eigenvalue weighted by Crippen LogP contribution is -2.39. The minimum absolute atomic E-state index is 0.0825. The van der Waals surface area contributed by atoms with Crippen LogP contribution in [0.15, 0.2) is 36.5 Å². The molecule has 1 aromatic carbocycles. The maximum atomic E-state index is 12.7. The number of aryl methyl sites for hydroxylation is 1. The van der Waals surface area contributed by atoms with Crippen molar-refractivity contribution in [1.82, 2.24) is 13.9 Å². The van der Waals surface area contributed by atoms with Crippen molar-refractivity contribution in [3.05, 3.63) is 53.6 Å². The second kappa shape index (κ2) is 8.99. The molecule has 1 aliphatic rings. The van der Waals surface area contributed by atoms with Gasteiger partial charge in [0.05, 0.1) is 12.4 Å². The number of hydrogen-bond donors (Lipinski definition) is 0. The number of ether oxygens (including phenoxy) is 1. The Morgan fingerprint density at radius 2 is 1.89 bits per heavy atom. The van der Waals surface area contributed by atoms with Crippen LogP contribution in [0.3, 0.4) is 0 Å². The molecule has 2 heterocycles. The largest absolute Gasteiger partial charge is 0.383 e. The van der Waals surface area contributed by atoms with Crippen molar-refractivity contribution in [3.63, 3.8) is 0 Å². The number of sulfonamides is 1. The lowest BCUT2D eigenvalue weighted by molar-refractivity contribution is 0.184. The van der Waals surface area contributed by atoms with Crippen molar-refractivity contribution in [2.24, 2.45) is 5.92 Å². The van der Waals surface area contributed by atoms with Crippen LogP contribution in [0.4, 0.5) is 0 Å². The molecule has 1 aromatic heterocycles. The summed E-state index contributed by atoms with van der Waals surface area (Å²) >= 11 is 0. The standard InChI is InChI=1S/C20H29N3O3S/c1-17-15-21-20(23(17)12-13-26-2)14-18-8-10-22(11-9-18)27(24,25)16-19-6-4-3-5-7-19/h3-7,15,18H,8-14,16H2,1-2H3. The number of nitrogens with zero attached hydrogens (tertiary/aromatic N) is 3. The molecule has 0 amide bonds. The lowest BCUT2D eigenvalue weighted by Gasteiger charge is -2.31. The molecule has 0 unspecified atom stereocenters. The normalized spacial score (nSPS) is 16.7. The number of hydrogen-bond acceptors (Lipinski definition) is 4. The van der Waals surface area contributed by atoms with Crippen molar-refractivity contribution in [2.75, 3.05) is 26.8 Å². The molecule has 0 N–H and O–H groups in total. The number of methoxy groups -OCH3 is 1. The van der Waals surface area contributed by atoms with E-state index >= 15 is 0 Å². The molecule has 1 aliphatic heterocycles. The Kier molecular flexibility index (Phi) is 6.68. The molecule has 0 atom stereocenters. The van der Waals surface area contributed by atoms with Crippen LogP contribution < -0.4 is 0 Å². The molecule has 0 bridgehead atoms. The van der Waals surface area contributed by atoms with E-state index in [2.05, 4.69) is 16.5 Å². The Labute approximate surface area is 162 Å². The van der Waals surface area contributed by atoms with E-state index in [4.69, 9.17) is 4.74 Å². The number of rotatable bonds is 8. The summed E-state index contributed by atoms with van der Waals surface area (Å²) in [6.07, 6.45) is 4.56. The van der Waals surface area contributed by atoms with E-state index in [1.54, 1.807) is 11.4 Å². The monoisotopic (exact) mass is 391 g/mol. The molecule has 3 rings (SSSR count). The van der Waals surface area contributed by atoms with Crippen molar-refractivity contribution >= 4 is 10.0 Å². The van der Waals surface area contributed by atoms with Crippen LogP contribution in [0.2, 0.25) is 0 Å². The van der Waals surface area contributed by atoms with E-state index in [-0.39, 0.29) is 5.75 Å². The highest BCUT2D eigenvalue weighted by Gasteiger charge is 2.28. The van der Waals surface area contributed by atoms with Crippen LogP contribution in [0.25, 0.3) is 0 Å². The maximum Gasteiger partial charge on any atom is 0.218 e. The molecule has 6 nitrogen and oxygen atoms in total. The summed E-state index contributed by atoms with van der Waals surface area (Å²) in [5.74, 6) is 1.63. The first kappa shape index (κ1) is 20.0. The van der Waals surface area contributed by atoms with Gasteiger partial charge in [-0.1, -0.05) is 30.3 Å². The van der Waals surface area contributed by atoms with Crippen molar-refractivity contribution in [2.45, 2.75) is 38.5 Å². The smallest absolute Gasteiger partial charge is 0.218 e. The fourth-order valence-electron chi connectivity index (χ4n) is 3.69. The van der Waals surface area contributed by atoms with E-state index in [1.165, 1.54) is 0 Å².